The first-order chi connectivity index (χ1) is 6.63. The number of hydrogen-bond donors (Lipinski definition) is 2. The molecule has 1 heterocycles. The lowest BCUT2D eigenvalue weighted by Crippen LogP contribution is -2.19. The minimum Gasteiger partial charge on any atom is -0.461 e. The van der Waals surface area contributed by atoms with Crippen LogP contribution in [0.15, 0.2) is 16.5 Å². The molecular formula is C9H14N2O3. The Morgan fingerprint density at radius 2 is 2.36 bits per heavy atom. The van der Waals surface area contributed by atoms with Crippen LogP contribution in [0.2, 0.25) is 0 Å². The Hall–Kier alpha value is -1.33. The number of carbonyl (C=O) groups is 1. The Balaban J connectivity index is 2.54. The molecule has 0 aliphatic heterocycles. The lowest BCUT2D eigenvalue weighted by molar-refractivity contribution is -0.142. The van der Waals surface area contributed by atoms with E-state index in [9.17, 15) is 4.79 Å². The highest BCUT2D eigenvalue weighted by molar-refractivity contribution is 5.65. The van der Waals surface area contributed by atoms with Gasteiger partial charge in [0.2, 0.25) is 0 Å². The van der Waals surface area contributed by atoms with E-state index in [1.807, 2.05) is 0 Å². The molecule has 5 heteroatoms. The van der Waals surface area contributed by atoms with Crippen molar-refractivity contribution in [3.8, 4) is 0 Å². The molecule has 0 aromatic carbocycles. The molecule has 0 radical (unpaired) electrons. The maximum absolute atomic E-state index is 10.5. The minimum atomic E-state index is -0.342. The van der Waals surface area contributed by atoms with Crippen molar-refractivity contribution in [1.82, 2.24) is 0 Å². The van der Waals surface area contributed by atoms with Crippen molar-refractivity contribution in [2.24, 2.45) is 11.5 Å². The molecule has 0 amide bonds. The van der Waals surface area contributed by atoms with E-state index in [0.29, 0.717) is 18.1 Å². The zero-order chi connectivity index (χ0) is 10.6. The summed E-state index contributed by atoms with van der Waals surface area (Å²) in [6.07, 6.45) is 0. The molecule has 1 aromatic heterocycles. The predicted molar refractivity (Wildman–Crippen MR) is 50.2 cm³/mol. The van der Waals surface area contributed by atoms with Gasteiger partial charge in [0.15, 0.2) is 0 Å². The van der Waals surface area contributed by atoms with E-state index in [0.717, 1.165) is 0 Å². The van der Waals surface area contributed by atoms with Crippen LogP contribution in [0.25, 0.3) is 0 Å². The fourth-order valence-corrected chi connectivity index (χ4v) is 0.960. The van der Waals surface area contributed by atoms with E-state index in [1.54, 1.807) is 12.1 Å². The number of ether oxygens (including phenoxy) is 1. The summed E-state index contributed by atoms with van der Waals surface area (Å²) in [5, 5.41) is 0. The first-order valence-corrected chi connectivity index (χ1v) is 4.31. The molecule has 0 saturated carbocycles. The molecule has 5 nitrogen and oxygen atoms in total. The van der Waals surface area contributed by atoms with E-state index >= 15 is 0 Å². The number of furan rings is 1. The number of hydrogen-bond acceptors (Lipinski definition) is 5. The fourth-order valence-electron chi connectivity index (χ4n) is 0.960. The first kappa shape index (κ1) is 10.7. The second-order valence-corrected chi connectivity index (χ2v) is 2.93. The van der Waals surface area contributed by atoms with E-state index in [1.165, 1.54) is 6.92 Å². The molecule has 0 bridgehead atoms. The summed E-state index contributed by atoms with van der Waals surface area (Å²) >= 11 is 0. The molecule has 0 spiro atoms. The van der Waals surface area contributed by atoms with Gasteiger partial charge in [-0.25, -0.2) is 0 Å². The number of nitrogens with two attached hydrogens (primary N) is 2. The molecular weight excluding hydrogens is 184 g/mol. The Morgan fingerprint density at radius 3 is 2.93 bits per heavy atom. The first-order valence-electron chi connectivity index (χ1n) is 4.31. The Morgan fingerprint density at radius 1 is 1.64 bits per heavy atom. The maximum Gasteiger partial charge on any atom is 0.303 e. The van der Waals surface area contributed by atoms with Crippen LogP contribution in [0.3, 0.4) is 0 Å². The number of esters is 1. The molecule has 0 aliphatic carbocycles. The van der Waals surface area contributed by atoms with Crippen LogP contribution in [0.5, 0.6) is 0 Å². The van der Waals surface area contributed by atoms with Crippen LogP contribution in [0.4, 0.5) is 0 Å². The Labute approximate surface area is 82.0 Å². The van der Waals surface area contributed by atoms with Gasteiger partial charge in [0.05, 0.1) is 6.04 Å². The van der Waals surface area contributed by atoms with Gasteiger partial charge in [-0.05, 0) is 12.1 Å². The lowest BCUT2D eigenvalue weighted by atomic mass is 10.2. The normalized spacial score (nSPS) is 12.5. The van der Waals surface area contributed by atoms with E-state index < -0.39 is 0 Å². The molecule has 0 saturated heterocycles. The van der Waals surface area contributed by atoms with Crippen molar-refractivity contribution in [3.05, 3.63) is 23.7 Å². The van der Waals surface area contributed by atoms with Crippen molar-refractivity contribution >= 4 is 5.97 Å². The monoisotopic (exact) mass is 198 g/mol. The molecule has 1 unspecified atom stereocenters. The average molecular weight is 198 g/mol. The van der Waals surface area contributed by atoms with Crippen molar-refractivity contribution in [2.75, 3.05) is 6.54 Å². The van der Waals surface area contributed by atoms with Gasteiger partial charge in [-0.2, -0.15) is 0 Å². The summed E-state index contributed by atoms with van der Waals surface area (Å²) < 4.78 is 10.1. The summed E-state index contributed by atoms with van der Waals surface area (Å²) in [6.45, 7) is 1.79. The lowest BCUT2D eigenvalue weighted by Gasteiger charge is -2.03. The van der Waals surface area contributed by atoms with Gasteiger partial charge in [-0.1, -0.05) is 0 Å². The molecule has 1 rings (SSSR count). The second-order valence-electron chi connectivity index (χ2n) is 2.93. The van der Waals surface area contributed by atoms with Crippen molar-refractivity contribution in [3.63, 3.8) is 0 Å². The molecule has 0 fully saturated rings. The Bertz CT molecular complexity index is 309. The molecule has 1 aromatic rings. The minimum absolute atomic E-state index is 0.132. The van der Waals surface area contributed by atoms with Crippen LogP contribution in [-0.4, -0.2) is 12.5 Å². The van der Waals surface area contributed by atoms with E-state index in [2.05, 4.69) is 0 Å². The Kier molecular flexibility index (Phi) is 3.67. The summed E-state index contributed by atoms with van der Waals surface area (Å²) in [5.74, 6) is 0.833. The van der Waals surface area contributed by atoms with Crippen LogP contribution >= 0.6 is 0 Å². The van der Waals surface area contributed by atoms with Gasteiger partial charge in [0, 0.05) is 13.5 Å². The van der Waals surface area contributed by atoms with Gasteiger partial charge >= 0.3 is 5.97 Å². The zero-order valence-corrected chi connectivity index (χ0v) is 8.03. The number of rotatable bonds is 4. The van der Waals surface area contributed by atoms with Gasteiger partial charge in [0.1, 0.15) is 18.1 Å². The summed E-state index contributed by atoms with van der Waals surface area (Å²) in [7, 11) is 0. The summed E-state index contributed by atoms with van der Waals surface area (Å²) in [6, 6.07) is 3.14. The average Bonchev–Trinajstić information content (AvgIpc) is 2.62. The van der Waals surface area contributed by atoms with Crippen LogP contribution in [0, 0.1) is 0 Å². The highest BCUT2D eigenvalue weighted by Gasteiger charge is 2.09. The highest BCUT2D eigenvalue weighted by Crippen LogP contribution is 2.14. The standard InChI is InChI=1S/C9H14N2O3/c1-6(12)13-5-7-2-3-9(14-7)8(11)4-10/h2-3,8H,4-5,10-11H2,1H3. The maximum atomic E-state index is 10.5. The van der Waals surface area contributed by atoms with Gasteiger partial charge < -0.3 is 20.6 Å². The smallest absolute Gasteiger partial charge is 0.303 e. The number of carbonyl (C=O) groups excluding carboxylic acids is 1. The van der Waals surface area contributed by atoms with Gasteiger partial charge in [-0.15, -0.1) is 0 Å². The summed E-state index contributed by atoms with van der Waals surface area (Å²) in [5.41, 5.74) is 11.0. The second kappa shape index (κ2) is 4.78. The van der Waals surface area contributed by atoms with E-state index in [4.69, 9.17) is 20.6 Å². The van der Waals surface area contributed by atoms with Crippen molar-refractivity contribution in [1.29, 1.82) is 0 Å². The van der Waals surface area contributed by atoms with Crippen molar-refractivity contribution in [2.45, 2.75) is 19.6 Å². The third-order valence-electron chi connectivity index (χ3n) is 1.72. The van der Waals surface area contributed by atoms with Crippen LogP contribution in [-0.2, 0) is 16.1 Å². The van der Waals surface area contributed by atoms with Gasteiger partial charge in [0.25, 0.3) is 0 Å². The third-order valence-corrected chi connectivity index (χ3v) is 1.72. The quantitative estimate of drug-likeness (QED) is 0.679. The van der Waals surface area contributed by atoms with Crippen LogP contribution in [0.1, 0.15) is 24.5 Å². The zero-order valence-electron chi connectivity index (χ0n) is 8.03. The molecule has 78 valence electrons. The third kappa shape index (κ3) is 2.86. The summed E-state index contributed by atoms with van der Waals surface area (Å²) in [4.78, 5) is 10.5. The van der Waals surface area contributed by atoms with E-state index in [-0.39, 0.29) is 18.6 Å². The topological polar surface area (TPSA) is 91.5 Å². The highest BCUT2D eigenvalue weighted by atomic mass is 16.5. The fraction of sp³-hybridized carbons (Fsp3) is 0.444. The molecule has 0 aliphatic rings. The van der Waals surface area contributed by atoms with Crippen molar-refractivity contribution < 1.29 is 13.9 Å². The SMILES string of the molecule is CC(=O)OCc1ccc(C(N)CN)o1. The molecule has 1 atom stereocenters. The molecule has 4 N–H and O–H groups in total. The molecule has 14 heavy (non-hydrogen) atoms. The van der Waals surface area contributed by atoms with Gasteiger partial charge in [-0.3, -0.25) is 4.79 Å². The van der Waals surface area contributed by atoms with Crippen LogP contribution < -0.4 is 11.5 Å². The predicted octanol–water partition coefficient (Wildman–Crippen LogP) is 0.301. The largest absolute Gasteiger partial charge is 0.461 e.